The number of benzene rings is 1. The van der Waals surface area contributed by atoms with Gasteiger partial charge in [-0.15, -0.1) is 0 Å². The topological polar surface area (TPSA) is 91.5 Å². The largest absolute Gasteiger partial charge is 0.359 e. The van der Waals surface area contributed by atoms with Crippen LogP contribution in [-0.4, -0.2) is 37.2 Å². The van der Waals surface area contributed by atoms with Gasteiger partial charge in [0, 0.05) is 26.2 Å². The lowest BCUT2D eigenvalue weighted by Gasteiger charge is -2.11. The summed E-state index contributed by atoms with van der Waals surface area (Å²) in [6.07, 6.45) is 0. The Kier molecular flexibility index (Phi) is 7.47. The van der Waals surface area contributed by atoms with Gasteiger partial charge in [-0.2, -0.15) is 0 Å². The first kappa shape index (κ1) is 19.8. The van der Waals surface area contributed by atoms with Crippen LogP contribution in [-0.2, 0) is 6.54 Å². The number of rotatable bonds is 7. The molecule has 3 N–H and O–H groups in total. The summed E-state index contributed by atoms with van der Waals surface area (Å²) in [5, 5.41) is 13.5. The first-order valence-corrected chi connectivity index (χ1v) is 8.81. The van der Waals surface area contributed by atoms with Crippen molar-refractivity contribution in [2.45, 2.75) is 26.3 Å². The molecule has 0 radical (unpaired) electrons. The Balaban J connectivity index is 1.71. The molecule has 7 nitrogen and oxygen atoms in total. The van der Waals surface area contributed by atoms with E-state index in [2.05, 4.69) is 39.9 Å². The van der Waals surface area contributed by atoms with Gasteiger partial charge in [0.25, 0.3) is 5.91 Å². The Morgan fingerprint density at radius 1 is 1.23 bits per heavy atom. The quantitative estimate of drug-likeness (QED) is 0.392. The zero-order chi connectivity index (χ0) is 18.9. The monoisotopic (exact) mass is 377 g/mol. The van der Waals surface area contributed by atoms with Crippen molar-refractivity contribution in [3.8, 4) is 0 Å². The lowest BCUT2D eigenvalue weighted by atomic mass is 10.1. The van der Waals surface area contributed by atoms with E-state index in [0.29, 0.717) is 42.1 Å². The Bertz CT molecular complexity index is 758. The maximum atomic E-state index is 12.1. The summed E-state index contributed by atoms with van der Waals surface area (Å²) in [5.41, 5.74) is 1.38. The number of guanidine groups is 1. The zero-order valence-corrected chi connectivity index (χ0v) is 15.9. The minimum absolute atomic E-state index is 0.205. The second-order valence-electron chi connectivity index (χ2n) is 5.96. The van der Waals surface area contributed by atoms with Crippen molar-refractivity contribution in [1.82, 2.24) is 21.1 Å². The number of hydrogen-bond acceptors (Lipinski definition) is 4. The number of halogens is 1. The highest BCUT2D eigenvalue weighted by Gasteiger charge is 2.09. The van der Waals surface area contributed by atoms with Crippen LogP contribution >= 0.6 is 11.6 Å². The van der Waals surface area contributed by atoms with Crippen LogP contribution in [0.1, 0.15) is 41.6 Å². The van der Waals surface area contributed by atoms with Crippen molar-refractivity contribution in [2.24, 2.45) is 4.99 Å². The molecule has 1 heterocycles. The normalized spacial score (nSPS) is 11.5. The van der Waals surface area contributed by atoms with E-state index in [1.54, 1.807) is 31.3 Å². The fourth-order valence-corrected chi connectivity index (χ4v) is 2.39. The van der Waals surface area contributed by atoms with Gasteiger partial charge in [0.1, 0.15) is 0 Å². The fraction of sp³-hybridized carbons (Fsp3) is 0.389. The van der Waals surface area contributed by atoms with Crippen molar-refractivity contribution < 1.29 is 9.32 Å². The van der Waals surface area contributed by atoms with Crippen molar-refractivity contribution in [3.05, 3.63) is 52.4 Å². The average Bonchev–Trinajstić information content (AvgIpc) is 3.10. The van der Waals surface area contributed by atoms with Crippen molar-refractivity contribution in [1.29, 1.82) is 0 Å². The first-order chi connectivity index (χ1) is 12.5. The van der Waals surface area contributed by atoms with E-state index in [1.807, 2.05) is 6.07 Å². The first-order valence-electron chi connectivity index (χ1n) is 8.44. The molecule has 1 aromatic heterocycles. The fourth-order valence-electron chi connectivity index (χ4n) is 2.17. The molecule has 0 unspecified atom stereocenters. The van der Waals surface area contributed by atoms with Gasteiger partial charge in [-0.05, 0) is 18.1 Å². The lowest BCUT2D eigenvalue weighted by Crippen LogP contribution is -2.41. The number of aromatic nitrogens is 1. The number of carbonyl (C=O) groups excluding carboxylic acids is 1. The maximum Gasteiger partial charge on any atom is 0.252 e. The van der Waals surface area contributed by atoms with Gasteiger partial charge in [-0.1, -0.05) is 42.7 Å². The molecule has 1 aromatic carbocycles. The molecule has 26 heavy (non-hydrogen) atoms. The molecule has 0 bridgehead atoms. The standard InChI is InChI=1S/C18H24ClN5O2/c1-12(2)16-10-13(26-24-16)11-23-18(20-3)22-9-8-21-17(25)14-6-4-5-7-15(14)19/h4-7,10,12H,8-9,11H2,1-3H3,(H,21,25)(H2,20,22,23). The number of nitrogens with one attached hydrogen (secondary N) is 3. The predicted octanol–water partition coefficient (Wildman–Crippen LogP) is 2.55. The molecule has 2 rings (SSSR count). The van der Waals surface area contributed by atoms with Gasteiger partial charge in [-0.25, -0.2) is 0 Å². The lowest BCUT2D eigenvalue weighted by molar-refractivity contribution is 0.0954. The molecule has 0 aliphatic carbocycles. The molecule has 0 spiro atoms. The smallest absolute Gasteiger partial charge is 0.252 e. The summed E-state index contributed by atoms with van der Waals surface area (Å²) in [7, 11) is 1.68. The number of carbonyl (C=O) groups is 1. The Morgan fingerprint density at radius 2 is 1.96 bits per heavy atom. The van der Waals surface area contributed by atoms with Crippen LogP contribution in [0.3, 0.4) is 0 Å². The molecule has 8 heteroatoms. The molecule has 140 valence electrons. The van der Waals surface area contributed by atoms with E-state index in [9.17, 15) is 4.79 Å². The van der Waals surface area contributed by atoms with Gasteiger partial charge in [-0.3, -0.25) is 9.79 Å². The van der Waals surface area contributed by atoms with E-state index >= 15 is 0 Å². The highest BCUT2D eigenvalue weighted by atomic mass is 35.5. The molecular weight excluding hydrogens is 354 g/mol. The molecule has 0 atom stereocenters. The van der Waals surface area contributed by atoms with E-state index in [0.717, 1.165) is 11.5 Å². The third-order valence-electron chi connectivity index (χ3n) is 3.64. The van der Waals surface area contributed by atoms with Crippen LogP contribution < -0.4 is 16.0 Å². The molecule has 0 fully saturated rings. The Hall–Kier alpha value is -2.54. The van der Waals surface area contributed by atoms with Crippen molar-refractivity contribution in [2.75, 3.05) is 20.1 Å². The van der Waals surface area contributed by atoms with Crippen molar-refractivity contribution >= 4 is 23.5 Å². The zero-order valence-electron chi connectivity index (χ0n) is 15.2. The SMILES string of the molecule is CN=C(NCCNC(=O)c1ccccc1Cl)NCc1cc(C(C)C)no1. The van der Waals surface area contributed by atoms with Crippen LogP contribution in [0.5, 0.6) is 0 Å². The van der Waals surface area contributed by atoms with Gasteiger partial charge < -0.3 is 20.5 Å². The summed E-state index contributed by atoms with van der Waals surface area (Å²) in [6.45, 7) is 5.55. The summed E-state index contributed by atoms with van der Waals surface area (Å²) in [5.74, 6) is 1.47. The Labute approximate surface area is 158 Å². The van der Waals surface area contributed by atoms with Crippen molar-refractivity contribution in [3.63, 3.8) is 0 Å². The highest BCUT2D eigenvalue weighted by molar-refractivity contribution is 6.33. The van der Waals surface area contributed by atoms with Gasteiger partial charge >= 0.3 is 0 Å². The summed E-state index contributed by atoms with van der Waals surface area (Å²) in [4.78, 5) is 16.2. The van der Waals surface area contributed by atoms with Gasteiger partial charge in [0.15, 0.2) is 11.7 Å². The Morgan fingerprint density at radius 3 is 2.62 bits per heavy atom. The molecule has 1 amide bonds. The summed E-state index contributed by atoms with van der Waals surface area (Å²) >= 11 is 6.01. The minimum Gasteiger partial charge on any atom is -0.359 e. The number of nitrogens with zero attached hydrogens (tertiary/aromatic N) is 2. The third kappa shape index (κ3) is 5.77. The number of amides is 1. The minimum atomic E-state index is -0.205. The summed E-state index contributed by atoms with van der Waals surface area (Å²) in [6, 6.07) is 8.87. The van der Waals surface area contributed by atoms with Crippen LogP contribution in [0.4, 0.5) is 0 Å². The predicted molar refractivity (Wildman–Crippen MR) is 103 cm³/mol. The van der Waals surface area contributed by atoms with Crippen LogP contribution in [0.15, 0.2) is 39.8 Å². The average molecular weight is 378 g/mol. The molecule has 0 aliphatic rings. The second-order valence-corrected chi connectivity index (χ2v) is 6.37. The van der Waals surface area contributed by atoms with E-state index in [1.165, 1.54) is 0 Å². The molecule has 0 aliphatic heterocycles. The maximum absolute atomic E-state index is 12.1. The summed E-state index contributed by atoms with van der Waals surface area (Å²) < 4.78 is 5.27. The van der Waals surface area contributed by atoms with Crippen LogP contribution in [0.25, 0.3) is 0 Å². The molecule has 0 saturated carbocycles. The number of hydrogen-bond donors (Lipinski definition) is 3. The van der Waals surface area contributed by atoms with Gasteiger partial charge in [0.2, 0.25) is 0 Å². The van der Waals surface area contributed by atoms with Gasteiger partial charge in [0.05, 0.1) is 22.8 Å². The third-order valence-corrected chi connectivity index (χ3v) is 3.97. The highest BCUT2D eigenvalue weighted by Crippen LogP contribution is 2.14. The molecular formula is C18H24ClN5O2. The molecule has 0 saturated heterocycles. The second kappa shape index (κ2) is 9.82. The van der Waals surface area contributed by atoms with Crippen LogP contribution in [0.2, 0.25) is 5.02 Å². The van der Waals surface area contributed by atoms with E-state index in [4.69, 9.17) is 16.1 Å². The molecule has 2 aromatic rings. The van der Waals surface area contributed by atoms with Crippen LogP contribution in [0, 0.1) is 0 Å². The van der Waals surface area contributed by atoms with E-state index < -0.39 is 0 Å². The van der Waals surface area contributed by atoms with E-state index in [-0.39, 0.29) is 5.91 Å². The number of aliphatic imine (C=N–C) groups is 1.